The van der Waals surface area contributed by atoms with Crippen molar-refractivity contribution >= 4 is 23.2 Å². The number of amides is 1. The highest BCUT2D eigenvalue weighted by Gasteiger charge is 2.30. The standard InChI is InChI=1S/C16H24N2O3S/c1-3-13-18-10(2)14(22-13)15(19)17-9-12(16(20)21)11-7-5-4-6-8-11/h11-12H,3-9H2,1-2H3,(H,17,19)(H,20,21). The normalized spacial score (nSPS) is 17.2. The predicted molar refractivity (Wildman–Crippen MR) is 86.3 cm³/mol. The quantitative estimate of drug-likeness (QED) is 0.843. The molecule has 0 radical (unpaired) electrons. The number of nitrogens with one attached hydrogen (secondary N) is 1. The maximum Gasteiger partial charge on any atom is 0.308 e. The zero-order chi connectivity index (χ0) is 16.1. The lowest BCUT2D eigenvalue weighted by Gasteiger charge is -2.27. The lowest BCUT2D eigenvalue weighted by molar-refractivity contribution is -0.143. The summed E-state index contributed by atoms with van der Waals surface area (Å²) in [7, 11) is 0. The number of thiazole rings is 1. The smallest absolute Gasteiger partial charge is 0.308 e. The highest BCUT2D eigenvalue weighted by atomic mass is 32.1. The molecule has 1 aliphatic rings. The molecule has 0 bridgehead atoms. The van der Waals surface area contributed by atoms with Gasteiger partial charge in [0, 0.05) is 6.54 Å². The summed E-state index contributed by atoms with van der Waals surface area (Å²) in [4.78, 5) is 28.7. The minimum absolute atomic E-state index is 0.181. The molecule has 6 heteroatoms. The maximum absolute atomic E-state index is 12.3. The fourth-order valence-corrected chi connectivity index (χ4v) is 4.01. The molecule has 1 aliphatic carbocycles. The molecule has 1 unspecified atom stereocenters. The highest BCUT2D eigenvalue weighted by Crippen LogP contribution is 2.30. The lowest BCUT2D eigenvalue weighted by Crippen LogP contribution is -2.37. The molecule has 1 aromatic rings. The highest BCUT2D eigenvalue weighted by molar-refractivity contribution is 7.13. The van der Waals surface area contributed by atoms with Crippen molar-refractivity contribution in [2.24, 2.45) is 11.8 Å². The molecule has 0 aromatic carbocycles. The Labute approximate surface area is 135 Å². The van der Waals surface area contributed by atoms with Gasteiger partial charge in [-0.25, -0.2) is 4.98 Å². The molecule has 2 rings (SSSR count). The molecule has 122 valence electrons. The van der Waals surface area contributed by atoms with Crippen molar-refractivity contribution in [2.45, 2.75) is 52.4 Å². The number of aromatic nitrogens is 1. The van der Waals surface area contributed by atoms with Gasteiger partial charge in [-0.2, -0.15) is 0 Å². The molecule has 22 heavy (non-hydrogen) atoms. The number of carboxylic acids is 1. The molecule has 5 nitrogen and oxygen atoms in total. The maximum atomic E-state index is 12.3. The van der Waals surface area contributed by atoms with Crippen LogP contribution in [0.4, 0.5) is 0 Å². The van der Waals surface area contributed by atoms with Gasteiger partial charge in [0.1, 0.15) is 4.88 Å². The van der Waals surface area contributed by atoms with Gasteiger partial charge < -0.3 is 10.4 Å². The van der Waals surface area contributed by atoms with E-state index in [9.17, 15) is 14.7 Å². The number of aryl methyl sites for hydroxylation is 2. The van der Waals surface area contributed by atoms with Gasteiger partial charge in [0.05, 0.1) is 16.6 Å². The van der Waals surface area contributed by atoms with Crippen LogP contribution >= 0.6 is 11.3 Å². The zero-order valence-electron chi connectivity index (χ0n) is 13.2. The molecular weight excluding hydrogens is 300 g/mol. The Bertz CT molecular complexity index is 535. The van der Waals surface area contributed by atoms with E-state index in [0.717, 1.165) is 42.8 Å². The van der Waals surface area contributed by atoms with Crippen LogP contribution in [0.2, 0.25) is 0 Å². The summed E-state index contributed by atoms with van der Waals surface area (Å²) >= 11 is 1.39. The van der Waals surface area contributed by atoms with E-state index in [0.29, 0.717) is 4.88 Å². The van der Waals surface area contributed by atoms with E-state index in [1.807, 2.05) is 13.8 Å². The Balaban J connectivity index is 1.97. The van der Waals surface area contributed by atoms with Crippen molar-refractivity contribution in [3.8, 4) is 0 Å². The van der Waals surface area contributed by atoms with Crippen molar-refractivity contribution in [1.82, 2.24) is 10.3 Å². The third kappa shape index (κ3) is 4.06. The molecule has 1 heterocycles. The minimum atomic E-state index is -0.803. The molecule has 1 fully saturated rings. The van der Waals surface area contributed by atoms with E-state index < -0.39 is 11.9 Å². The molecule has 1 amide bonds. The molecule has 1 aromatic heterocycles. The van der Waals surface area contributed by atoms with Crippen LogP contribution in [0.1, 0.15) is 59.4 Å². The Kier molecular flexibility index (Phi) is 5.94. The summed E-state index contributed by atoms with van der Waals surface area (Å²) in [6.07, 6.45) is 6.08. The van der Waals surface area contributed by atoms with Crippen molar-refractivity contribution in [3.05, 3.63) is 15.6 Å². The van der Waals surface area contributed by atoms with Gasteiger partial charge >= 0.3 is 5.97 Å². The summed E-state index contributed by atoms with van der Waals surface area (Å²) in [5.74, 6) is -1.30. The first-order valence-corrected chi connectivity index (χ1v) is 8.81. The molecule has 0 saturated heterocycles. The van der Waals surface area contributed by atoms with Crippen LogP contribution in [-0.2, 0) is 11.2 Å². The fraction of sp³-hybridized carbons (Fsp3) is 0.688. The number of carboxylic acid groups (broad SMARTS) is 1. The number of aliphatic carboxylic acids is 1. The Hall–Kier alpha value is -1.43. The molecular formula is C16H24N2O3S. The van der Waals surface area contributed by atoms with Crippen molar-refractivity contribution < 1.29 is 14.7 Å². The van der Waals surface area contributed by atoms with Crippen LogP contribution < -0.4 is 5.32 Å². The summed E-state index contributed by atoms with van der Waals surface area (Å²) in [5.41, 5.74) is 0.726. The summed E-state index contributed by atoms with van der Waals surface area (Å²) in [6, 6.07) is 0. The molecule has 2 N–H and O–H groups in total. The van der Waals surface area contributed by atoms with Gasteiger partial charge in [0.2, 0.25) is 0 Å². The summed E-state index contributed by atoms with van der Waals surface area (Å²) in [6.45, 7) is 4.03. The van der Waals surface area contributed by atoms with Gasteiger partial charge in [0.25, 0.3) is 5.91 Å². The second-order valence-electron chi connectivity index (χ2n) is 5.93. The molecule has 1 atom stereocenters. The first-order valence-electron chi connectivity index (χ1n) is 8.00. The molecule has 0 aliphatic heterocycles. The number of carbonyl (C=O) groups is 2. The van der Waals surface area contributed by atoms with Crippen molar-refractivity contribution in [1.29, 1.82) is 0 Å². The van der Waals surface area contributed by atoms with E-state index in [4.69, 9.17) is 0 Å². The van der Waals surface area contributed by atoms with Crippen LogP contribution in [0.25, 0.3) is 0 Å². The predicted octanol–water partition coefficient (Wildman–Crippen LogP) is 3.02. The monoisotopic (exact) mass is 324 g/mol. The first-order chi connectivity index (χ1) is 10.5. The first kappa shape index (κ1) is 16.9. The van der Waals surface area contributed by atoms with Crippen LogP contribution in [0.5, 0.6) is 0 Å². The van der Waals surface area contributed by atoms with E-state index in [2.05, 4.69) is 10.3 Å². The largest absolute Gasteiger partial charge is 0.481 e. The van der Waals surface area contributed by atoms with Gasteiger partial charge in [-0.15, -0.1) is 11.3 Å². The second-order valence-corrected chi connectivity index (χ2v) is 7.01. The van der Waals surface area contributed by atoms with Gasteiger partial charge in [-0.1, -0.05) is 26.2 Å². The third-order valence-electron chi connectivity index (χ3n) is 4.37. The lowest BCUT2D eigenvalue weighted by atomic mass is 9.80. The summed E-state index contributed by atoms with van der Waals surface area (Å²) < 4.78 is 0. The molecule has 1 saturated carbocycles. The Morgan fingerprint density at radius 2 is 2.05 bits per heavy atom. The number of hydrogen-bond donors (Lipinski definition) is 2. The topological polar surface area (TPSA) is 79.3 Å². The van der Waals surface area contributed by atoms with Gasteiger partial charge in [-0.05, 0) is 32.1 Å². The Morgan fingerprint density at radius 3 is 2.59 bits per heavy atom. The van der Waals surface area contributed by atoms with E-state index in [-0.39, 0.29) is 18.4 Å². The average Bonchev–Trinajstić information content (AvgIpc) is 2.89. The van der Waals surface area contributed by atoms with E-state index >= 15 is 0 Å². The van der Waals surface area contributed by atoms with Crippen molar-refractivity contribution in [2.75, 3.05) is 6.54 Å². The van der Waals surface area contributed by atoms with E-state index in [1.165, 1.54) is 17.8 Å². The fourth-order valence-electron chi connectivity index (χ4n) is 3.09. The Morgan fingerprint density at radius 1 is 1.36 bits per heavy atom. The van der Waals surface area contributed by atoms with Gasteiger partial charge in [-0.3, -0.25) is 9.59 Å². The summed E-state index contributed by atoms with van der Waals surface area (Å²) in [5, 5.41) is 13.2. The minimum Gasteiger partial charge on any atom is -0.481 e. The third-order valence-corrected chi connectivity index (χ3v) is 5.67. The zero-order valence-corrected chi connectivity index (χ0v) is 14.0. The number of rotatable bonds is 6. The van der Waals surface area contributed by atoms with Crippen LogP contribution in [0, 0.1) is 18.8 Å². The van der Waals surface area contributed by atoms with Crippen LogP contribution in [0.3, 0.4) is 0 Å². The number of hydrogen-bond acceptors (Lipinski definition) is 4. The number of carbonyl (C=O) groups excluding carboxylic acids is 1. The van der Waals surface area contributed by atoms with Gasteiger partial charge in [0.15, 0.2) is 0 Å². The molecule has 0 spiro atoms. The second kappa shape index (κ2) is 7.72. The van der Waals surface area contributed by atoms with Crippen molar-refractivity contribution in [3.63, 3.8) is 0 Å². The number of nitrogens with zero attached hydrogens (tertiary/aromatic N) is 1. The van der Waals surface area contributed by atoms with Crippen LogP contribution in [0.15, 0.2) is 0 Å². The average molecular weight is 324 g/mol. The van der Waals surface area contributed by atoms with Crippen LogP contribution in [-0.4, -0.2) is 28.5 Å². The SMILES string of the molecule is CCc1nc(C)c(C(=O)NCC(C(=O)O)C2CCCCC2)s1. The van der Waals surface area contributed by atoms with E-state index in [1.54, 1.807) is 0 Å².